The molecule has 2 aliphatic heterocycles. The Morgan fingerprint density at radius 3 is 2.46 bits per heavy atom. The number of hydrogen-bond donors (Lipinski definition) is 1. The number of hydrogen-bond acceptors (Lipinski definition) is 4. The third-order valence-corrected chi connectivity index (χ3v) is 10.6. The fraction of sp³-hybridized carbons (Fsp3) is 0.581. The Kier molecular flexibility index (Phi) is 5.47. The molecular formula is C31H40N4O2. The molecule has 7 atom stereocenters. The van der Waals surface area contributed by atoms with Gasteiger partial charge in [-0.1, -0.05) is 38.5 Å². The first-order valence-electron chi connectivity index (χ1n) is 14.4. The van der Waals surface area contributed by atoms with Crippen molar-refractivity contribution in [2.24, 2.45) is 17.3 Å². The molecule has 196 valence electrons. The summed E-state index contributed by atoms with van der Waals surface area (Å²) in [6.07, 6.45) is 11.3. The topological polar surface area (TPSA) is 71.0 Å². The second-order valence-corrected chi connectivity index (χ2v) is 12.8. The lowest BCUT2D eigenvalue weighted by Gasteiger charge is -2.55. The van der Waals surface area contributed by atoms with Crippen molar-refractivity contribution in [3.8, 4) is 11.4 Å². The van der Waals surface area contributed by atoms with E-state index in [9.17, 15) is 9.59 Å². The van der Waals surface area contributed by atoms with Crippen LogP contribution in [0, 0.1) is 17.3 Å². The monoisotopic (exact) mass is 500 g/mol. The van der Waals surface area contributed by atoms with Crippen LogP contribution in [0.15, 0.2) is 52.1 Å². The van der Waals surface area contributed by atoms with Crippen LogP contribution in [-0.2, 0) is 0 Å². The van der Waals surface area contributed by atoms with Crippen molar-refractivity contribution in [3.05, 3.63) is 63.2 Å². The van der Waals surface area contributed by atoms with Crippen LogP contribution in [0.3, 0.4) is 0 Å². The molecule has 1 N–H and O–H groups in total. The van der Waals surface area contributed by atoms with Gasteiger partial charge in [0.15, 0.2) is 5.69 Å². The lowest BCUT2D eigenvalue weighted by Crippen LogP contribution is -2.58. The third-order valence-electron chi connectivity index (χ3n) is 10.6. The van der Waals surface area contributed by atoms with Gasteiger partial charge in [-0.15, -0.1) is 0 Å². The molecule has 2 aliphatic carbocycles. The fourth-order valence-electron chi connectivity index (χ4n) is 8.90. The standard InChI is InChI=1S/C31H38N4O2.H2/c1-19-13-20-14-24(18-31(19,2)17-20)34-21-7-5-8-22(34)16-23(15-21)35-27-11-4-3-9-25(27)33-29(30(35)37)26-10-6-12-28(36)32-26;/h3-4,6,9-12,19-24H,5,7-8,13-18H2,1-2H3,(H,32,36);1H/t19-,20-,21-,22+,23?,24-,31?;/m1./s1. The van der Waals surface area contributed by atoms with Crippen molar-refractivity contribution in [3.63, 3.8) is 0 Å². The Labute approximate surface area is 219 Å². The summed E-state index contributed by atoms with van der Waals surface area (Å²) in [6.45, 7) is 5.03. The van der Waals surface area contributed by atoms with Crippen molar-refractivity contribution < 1.29 is 1.43 Å². The van der Waals surface area contributed by atoms with Gasteiger partial charge in [0, 0.05) is 31.7 Å². The summed E-state index contributed by atoms with van der Waals surface area (Å²) in [4.78, 5) is 36.6. The number of nitrogens with one attached hydrogen (secondary N) is 1. The van der Waals surface area contributed by atoms with E-state index >= 15 is 0 Å². The summed E-state index contributed by atoms with van der Waals surface area (Å²) in [6, 6.07) is 14.8. The summed E-state index contributed by atoms with van der Waals surface area (Å²) in [7, 11) is 0. The zero-order valence-corrected chi connectivity index (χ0v) is 22.0. The Balaban J connectivity index is 0.00000264. The first kappa shape index (κ1) is 23.4. The summed E-state index contributed by atoms with van der Waals surface area (Å²) in [5.41, 5.74) is 2.74. The van der Waals surface area contributed by atoms with Gasteiger partial charge in [0.2, 0.25) is 5.56 Å². The molecule has 3 aromatic rings. The molecular weight excluding hydrogens is 460 g/mol. The predicted molar refractivity (Wildman–Crippen MR) is 149 cm³/mol. The normalized spacial score (nSPS) is 35.6. The molecule has 4 fully saturated rings. The molecule has 2 saturated carbocycles. The quantitative estimate of drug-likeness (QED) is 0.496. The van der Waals surface area contributed by atoms with Crippen molar-refractivity contribution in [1.29, 1.82) is 0 Å². The molecule has 6 nitrogen and oxygen atoms in total. The van der Waals surface area contributed by atoms with Crippen molar-refractivity contribution in [2.75, 3.05) is 0 Å². The highest BCUT2D eigenvalue weighted by Crippen LogP contribution is 2.57. The van der Waals surface area contributed by atoms with Gasteiger partial charge in [-0.2, -0.15) is 0 Å². The van der Waals surface area contributed by atoms with Crippen LogP contribution in [0.25, 0.3) is 22.4 Å². The Bertz CT molecular complexity index is 1450. The number of para-hydroxylation sites is 2. The van der Waals surface area contributed by atoms with Crippen LogP contribution in [0.4, 0.5) is 0 Å². The largest absolute Gasteiger partial charge is 0.320 e. The number of nitrogens with zero attached hydrogens (tertiary/aromatic N) is 3. The maximum Gasteiger partial charge on any atom is 0.279 e. The summed E-state index contributed by atoms with van der Waals surface area (Å²) in [5.74, 6) is 1.73. The predicted octanol–water partition coefficient (Wildman–Crippen LogP) is 5.77. The molecule has 37 heavy (non-hydrogen) atoms. The van der Waals surface area contributed by atoms with Crippen molar-refractivity contribution >= 4 is 11.0 Å². The van der Waals surface area contributed by atoms with E-state index in [-0.39, 0.29) is 18.6 Å². The molecule has 0 amide bonds. The molecule has 2 aromatic heterocycles. The molecule has 6 heteroatoms. The zero-order valence-electron chi connectivity index (χ0n) is 22.0. The molecule has 1 aromatic carbocycles. The van der Waals surface area contributed by atoms with E-state index in [2.05, 4.69) is 23.7 Å². The number of H-pyrrole nitrogens is 1. The molecule has 0 spiro atoms. The van der Waals surface area contributed by atoms with E-state index in [1.165, 1.54) is 51.0 Å². The number of piperidine rings is 2. The minimum atomic E-state index is -0.217. The van der Waals surface area contributed by atoms with E-state index in [4.69, 9.17) is 4.98 Å². The first-order chi connectivity index (χ1) is 17.9. The van der Waals surface area contributed by atoms with Crippen LogP contribution < -0.4 is 11.1 Å². The molecule has 4 heterocycles. The van der Waals surface area contributed by atoms with Gasteiger partial charge >= 0.3 is 0 Å². The van der Waals surface area contributed by atoms with Gasteiger partial charge in [-0.3, -0.25) is 14.5 Å². The molecule has 2 unspecified atom stereocenters. The van der Waals surface area contributed by atoms with E-state index in [1.54, 1.807) is 12.1 Å². The summed E-state index contributed by atoms with van der Waals surface area (Å²) < 4.78 is 2.03. The smallest absolute Gasteiger partial charge is 0.279 e. The minimum absolute atomic E-state index is 0. The second-order valence-electron chi connectivity index (χ2n) is 12.8. The molecule has 0 radical (unpaired) electrons. The van der Waals surface area contributed by atoms with E-state index in [0.717, 1.165) is 35.7 Å². The highest BCUT2D eigenvalue weighted by atomic mass is 16.1. The molecule has 4 bridgehead atoms. The number of aromatic amines is 1. The first-order valence-corrected chi connectivity index (χ1v) is 14.4. The maximum absolute atomic E-state index is 14.0. The van der Waals surface area contributed by atoms with Gasteiger partial charge in [-0.25, -0.2) is 4.98 Å². The van der Waals surface area contributed by atoms with Crippen LogP contribution in [0.2, 0.25) is 0 Å². The van der Waals surface area contributed by atoms with Gasteiger partial charge in [0.1, 0.15) is 0 Å². The lowest BCUT2D eigenvalue weighted by atomic mass is 9.69. The highest BCUT2D eigenvalue weighted by molar-refractivity contribution is 5.77. The van der Waals surface area contributed by atoms with Crippen molar-refractivity contribution in [1.82, 2.24) is 19.4 Å². The van der Waals surface area contributed by atoms with E-state index in [0.29, 0.717) is 34.9 Å². The molecule has 2 saturated heterocycles. The van der Waals surface area contributed by atoms with Crippen LogP contribution in [0.1, 0.15) is 79.1 Å². The maximum atomic E-state index is 14.0. The van der Waals surface area contributed by atoms with Gasteiger partial charge < -0.3 is 9.55 Å². The number of rotatable bonds is 3. The SMILES string of the molecule is C[C@@H]1C[C@@H]2C[C@@H](N3[C@@H]4CCC[C@H]3CC(n3c(=O)c(-c5cccc(=O)[nH]5)nc5ccccc53)C4)CC1(C)C2.[HH]. The lowest BCUT2D eigenvalue weighted by molar-refractivity contribution is -0.0479. The van der Waals surface area contributed by atoms with Crippen LogP contribution in [-0.4, -0.2) is 37.6 Å². The average Bonchev–Trinajstić information content (AvgIpc) is 3.08. The van der Waals surface area contributed by atoms with Gasteiger partial charge in [-0.05, 0) is 86.8 Å². The summed E-state index contributed by atoms with van der Waals surface area (Å²) >= 11 is 0. The minimum Gasteiger partial charge on any atom is -0.320 e. The fourth-order valence-corrected chi connectivity index (χ4v) is 8.90. The van der Waals surface area contributed by atoms with Crippen molar-refractivity contribution in [2.45, 2.75) is 95.8 Å². The Morgan fingerprint density at radius 1 is 0.919 bits per heavy atom. The Hall–Kier alpha value is -2.73. The number of pyridine rings is 1. The number of fused-ring (bicyclic) bond motifs is 5. The van der Waals surface area contributed by atoms with Gasteiger partial charge in [0.05, 0.1) is 16.7 Å². The van der Waals surface area contributed by atoms with Gasteiger partial charge in [0.25, 0.3) is 5.56 Å². The van der Waals surface area contributed by atoms with Crippen LogP contribution in [0.5, 0.6) is 0 Å². The van der Waals surface area contributed by atoms with E-state index < -0.39 is 0 Å². The summed E-state index contributed by atoms with van der Waals surface area (Å²) in [5, 5.41) is 0. The molecule has 7 rings (SSSR count). The Morgan fingerprint density at radius 2 is 1.70 bits per heavy atom. The highest BCUT2D eigenvalue weighted by Gasteiger charge is 2.51. The number of benzene rings is 1. The van der Waals surface area contributed by atoms with Crippen LogP contribution >= 0.6 is 0 Å². The zero-order chi connectivity index (χ0) is 25.3. The average molecular weight is 501 g/mol. The molecule has 4 aliphatic rings. The number of aromatic nitrogens is 3. The van der Waals surface area contributed by atoms with E-state index in [1.807, 2.05) is 28.8 Å². The second kappa shape index (κ2) is 8.65. The third kappa shape index (κ3) is 3.82.